The van der Waals surface area contributed by atoms with E-state index in [-0.39, 0.29) is 5.91 Å². The second-order valence-corrected chi connectivity index (χ2v) is 5.00. The molecule has 100 valence electrons. The van der Waals surface area contributed by atoms with Crippen LogP contribution < -0.4 is 5.32 Å². The summed E-state index contributed by atoms with van der Waals surface area (Å²) in [6.07, 6.45) is 0. The van der Waals surface area contributed by atoms with Gasteiger partial charge in [-0.1, -0.05) is 17.7 Å². The quantitative estimate of drug-likeness (QED) is 0.916. The van der Waals surface area contributed by atoms with Crippen molar-refractivity contribution in [2.45, 2.75) is 20.8 Å². The molecule has 0 aliphatic rings. The molecule has 1 amide bonds. The molecule has 0 unspecified atom stereocenters. The van der Waals surface area contributed by atoms with E-state index in [2.05, 4.69) is 10.4 Å². The summed E-state index contributed by atoms with van der Waals surface area (Å²) < 4.78 is 1.49. The highest BCUT2D eigenvalue weighted by molar-refractivity contribution is 6.34. The summed E-state index contributed by atoms with van der Waals surface area (Å²) in [4.78, 5) is 12.2. The number of carbonyl (C=O) groups excluding carboxylic acids is 1. The largest absolute Gasteiger partial charge is 0.321 e. The average molecular weight is 278 g/mol. The van der Waals surface area contributed by atoms with Crippen LogP contribution in [0.4, 0.5) is 5.69 Å². The molecule has 2 rings (SSSR count). The molecule has 0 spiro atoms. The highest BCUT2D eigenvalue weighted by Gasteiger charge is 2.18. The molecule has 2 aromatic rings. The monoisotopic (exact) mass is 277 g/mol. The third-order valence-electron chi connectivity index (χ3n) is 3.13. The van der Waals surface area contributed by atoms with E-state index in [9.17, 15) is 4.79 Å². The summed E-state index contributed by atoms with van der Waals surface area (Å²) in [6.45, 7) is 5.81. The number of nitrogens with zero attached hydrogens (tertiary/aromatic N) is 2. The Morgan fingerprint density at radius 2 is 1.95 bits per heavy atom. The second kappa shape index (κ2) is 5.05. The molecule has 0 atom stereocenters. The van der Waals surface area contributed by atoms with Crippen LogP contribution in [0.25, 0.3) is 0 Å². The van der Waals surface area contributed by atoms with Crippen LogP contribution in [0.5, 0.6) is 0 Å². The number of hydrogen-bond acceptors (Lipinski definition) is 2. The fourth-order valence-electron chi connectivity index (χ4n) is 1.89. The van der Waals surface area contributed by atoms with Crippen LogP contribution in [-0.2, 0) is 7.05 Å². The molecular weight excluding hydrogens is 262 g/mol. The number of aryl methyl sites for hydroxylation is 4. The maximum atomic E-state index is 12.2. The minimum absolute atomic E-state index is 0.253. The van der Waals surface area contributed by atoms with Crippen molar-refractivity contribution in [2.75, 3.05) is 5.32 Å². The van der Waals surface area contributed by atoms with Gasteiger partial charge in [0.25, 0.3) is 5.91 Å². The minimum atomic E-state index is -0.253. The van der Waals surface area contributed by atoms with Gasteiger partial charge in [0.2, 0.25) is 0 Å². The highest BCUT2D eigenvalue weighted by Crippen LogP contribution is 2.21. The van der Waals surface area contributed by atoms with E-state index in [0.717, 1.165) is 11.3 Å². The molecule has 0 radical (unpaired) electrons. The number of nitrogens with one attached hydrogen (secondary N) is 1. The Balaban J connectivity index is 2.28. The van der Waals surface area contributed by atoms with Gasteiger partial charge < -0.3 is 5.32 Å². The van der Waals surface area contributed by atoms with Crippen LogP contribution in [0.3, 0.4) is 0 Å². The number of hydrogen-bond donors (Lipinski definition) is 1. The van der Waals surface area contributed by atoms with Gasteiger partial charge in [0.05, 0.1) is 10.7 Å². The molecule has 5 heteroatoms. The van der Waals surface area contributed by atoms with Gasteiger partial charge in [-0.2, -0.15) is 5.10 Å². The third-order valence-corrected chi connectivity index (χ3v) is 3.58. The first-order valence-electron chi connectivity index (χ1n) is 5.98. The van der Waals surface area contributed by atoms with E-state index in [4.69, 9.17) is 11.6 Å². The van der Waals surface area contributed by atoms with Gasteiger partial charge in [0, 0.05) is 12.7 Å². The van der Waals surface area contributed by atoms with Crippen LogP contribution in [-0.4, -0.2) is 15.7 Å². The lowest BCUT2D eigenvalue weighted by molar-refractivity contribution is 0.101. The smallest absolute Gasteiger partial charge is 0.275 e. The Labute approximate surface area is 117 Å². The summed E-state index contributed by atoms with van der Waals surface area (Å²) in [5, 5.41) is 7.36. The number of benzene rings is 1. The predicted octanol–water partition coefficient (Wildman–Crippen LogP) is 3.25. The molecule has 1 aromatic heterocycles. The van der Waals surface area contributed by atoms with Crippen molar-refractivity contribution in [1.82, 2.24) is 9.78 Å². The predicted molar refractivity (Wildman–Crippen MR) is 76.8 cm³/mol. The van der Waals surface area contributed by atoms with Crippen molar-refractivity contribution in [1.29, 1.82) is 0 Å². The van der Waals surface area contributed by atoms with Gasteiger partial charge in [0.1, 0.15) is 5.69 Å². The van der Waals surface area contributed by atoms with Crippen molar-refractivity contribution in [3.63, 3.8) is 0 Å². The maximum Gasteiger partial charge on any atom is 0.275 e. The molecule has 1 aromatic carbocycles. The van der Waals surface area contributed by atoms with Gasteiger partial charge in [0.15, 0.2) is 0 Å². The zero-order chi connectivity index (χ0) is 14.2. The molecule has 0 fully saturated rings. The van der Waals surface area contributed by atoms with Crippen LogP contribution in [0.1, 0.15) is 27.3 Å². The number of aromatic nitrogens is 2. The molecule has 0 aliphatic heterocycles. The van der Waals surface area contributed by atoms with E-state index in [1.165, 1.54) is 10.2 Å². The number of anilines is 1. The Kier molecular flexibility index (Phi) is 3.62. The number of rotatable bonds is 2. The molecule has 1 heterocycles. The minimum Gasteiger partial charge on any atom is -0.321 e. The van der Waals surface area contributed by atoms with Crippen molar-refractivity contribution >= 4 is 23.2 Å². The first kappa shape index (κ1) is 13.6. The average Bonchev–Trinajstić information content (AvgIpc) is 2.58. The van der Waals surface area contributed by atoms with Crippen molar-refractivity contribution < 1.29 is 4.79 Å². The van der Waals surface area contributed by atoms with Gasteiger partial charge in [-0.15, -0.1) is 0 Å². The third kappa shape index (κ3) is 2.63. The summed E-state index contributed by atoms with van der Waals surface area (Å²) in [6, 6.07) is 5.78. The summed E-state index contributed by atoms with van der Waals surface area (Å²) in [5.74, 6) is -0.253. The van der Waals surface area contributed by atoms with Crippen LogP contribution in [0, 0.1) is 20.8 Å². The Morgan fingerprint density at radius 1 is 1.26 bits per heavy atom. The Morgan fingerprint density at radius 3 is 2.47 bits per heavy atom. The molecule has 0 saturated heterocycles. The zero-order valence-electron chi connectivity index (χ0n) is 11.4. The lowest BCUT2D eigenvalue weighted by atomic mass is 10.1. The standard InChI is InChI=1S/C14H16ClN3O/c1-8-5-6-11(7-9(8)2)16-14(19)13-12(15)10(3)17-18(13)4/h5-7H,1-4H3,(H,16,19). The molecule has 0 bridgehead atoms. The van der Waals surface area contributed by atoms with E-state index < -0.39 is 0 Å². The first-order chi connectivity index (χ1) is 8.90. The van der Waals surface area contributed by atoms with E-state index in [1.807, 2.05) is 32.0 Å². The van der Waals surface area contributed by atoms with Gasteiger partial charge in [-0.25, -0.2) is 0 Å². The van der Waals surface area contributed by atoms with Crippen molar-refractivity contribution in [2.24, 2.45) is 7.05 Å². The highest BCUT2D eigenvalue weighted by atomic mass is 35.5. The van der Waals surface area contributed by atoms with Gasteiger partial charge in [-0.3, -0.25) is 9.48 Å². The van der Waals surface area contributed by atoms with Crippen LogP contribution >= 0.6 is 11.6 Å². The number of carbonyl (C=O) groups is 1. The van der Waals surface area contributed by atoms with E-state index >= 15 is 0 Å². The summed E-state index contributed by atoms with van der Waals surface area (Å²) in [7, 11) is 1.70. The zero-order valence-corrected chi connectivity index (χ0v) is 12.2. The second-order valence-electron chi connectivity index (χ2n) is 4.62. The number of halogens is 1. The summed E-state index contributed by atoms with van der Waals surface area (Å²) >= 11 is 6.09. The molecule has 4 nitrogen and oxygen atoms in total. The maximum absolute atomic E-state index is 12.2. The SMILES string of the molecule is Cc1ccc(NC(=O)c2c(Cl)c(C)nn2C)cc1C. The topological polar surface area (TPSA) is 46.9 Å². The Hall–Kier alpha value is -1.81. The van der Waals surface area contributed by atoms with Gasteiger partial charge in [-0.05, 0) is 44.0 Å². The molecule has 0 aliphatic carbocycles. The van der Waals surface area contributed by atoms with E-state index in [0.29, 0.717) is 16.4 Å². The lowest BCUT2D eigenvalue weighted by Gasteiger charge is -2.08. The first-order valence-corrected chi connectivity index (χ1v) is 6.35. The molecule has 0 saturated carbocycles. The molecular formula is C14H16ClN3O. The fraction of sp³-hybridized carbons (Fsp3) is 0.286. The Bertz CT molecular complexity index is 646. The lowest BCUT2D eigenvalue weighted by Crippen LogP contribution is -2.16. The van der Waals surface area contributed by atoms with Crippen LogP contribution in [0.2, 0.25) is 5.02 Å². The normalized spacial score (nSPS) is 10.6. The molecule has 19 heavy (non-hydrogen) atoms. The van der Waals surface area contributed by atoms with E-state index in [1.54, 1.807) is 14.0 Å². The van der Waals surface area contributed by atoms with Crippen molar-refractivity contribution in [3.8, 4) is 0 Å². The summed E-state index contributed by atoms with van der Waals surface area (Å²) in [5.41, 5.74) is 4.09. The fourth-order valence-corrected chi connectivity index (χ4v) is 2.13. The molecule has 1 N–H and O–H groups in total. The van der Waals surface area contributed by atoms with Crippen molar-refractivity contribution in [3.05, 3.63) is 45.7 Å². The van der Waals surface area contributed by atoms with Crippen LogP contribution in [0.15, 0.2) is 18.2 Å². The number of amides is 1. The van der Waals surface area contributed by atoms with Gasteiger partial charge >= 0.3 is 0 Å².